The van der Waals surface area contributed by atoms with Gasteiger partial charge in [0.15, 0.2) is 0 Å². The van der Waals surface area contributed by atoms with Crippen molar-refractivity contribution < 1.29 is 4.79 Å². The summed E-state index contributed by atoms with van der Waals surface area (Å²) < 4.78 is 0. The third-order valence-electron chi connectivity index (χ3n) is 2.52. The number of nitrogens with two attached hydrogens (primary N) is 1. The Morgan fingerprint density at radius 2 is 2.15 bits per heavy atom. The van der Waals surface area contributed by atoms with Crippen LogP contribution >= 0.6 is 11.6 Å². The van der Waals surface area contributed by atoms with Crippen LogP contribution in [-0.2, 0) is 0 Å². The first-order valence-corrected chi connectivity index (χ1v) is 5.95. The van der Waals surface area contributed by atoms with Crippen molar-refractivity contribution in [3.05, 3.63) is 52.7 Å². The molecular weight excluding hydrogens is 278 g/mol. The smallest absolute Gasteiger partial charge is 0.257 e. The van der Waals surface area contributed by atoms with Gasteiger partial charge in [-0.3, -0.25) is 4.79 Å². The van der Waals surface area contributed by atoms with Crippen molar-refractivity contribution in [2.24, 2.45) is 5.84 Å². The topological polar surface area (TPSA) is 104 Å². The third-order valence-corrected chi connectivity index (χ3v) is 2.76. The van der Waals surface area contributed by atoms with Gasteiger partial charge in [0.25, 0.3) is 5.91 Å². The predicted molar refractivity (Wildman–Crippen MR) is 76.2 cm³/mol. The molecule has 1 amide bonds. The number of rotatable bonds is 3. The standard InChI is InChI=1S/C13H10ClN5O/c14-10-3-1-8(6-15)11(5-10)18-13(20)9-2-4-12(19-16)17-7-9/h1-5,7H,16H2,(H,17,19)(H,18,20). The first-order valence-electron chi connectivity index (χ1n) is 5.57. The van der Waals surface area contributed by atoms with Gasteiger partial charge in [0.2, 0.25) is 0 Å². The normalized spacial score (nSPS) is 9.65. The number of amides is 1. The van der Waals surface area contributed by atoms with E-state index < -0.39 is 0 Å². The van der Waals surface area contributed by atoms with Crippen LogP contribution in [0.25, 0.3) is 0 Å². The molecule has 0 atom stereocenters. The summed E-state index contributed by atoms with van der Waals surface area (Å²) in [5.74, 6) is 5.25. The van der Waals surface area contributed by atoms with Gasteiger partial charge in [-0.15, -0.1) is 0 Å². The zero-order chi connectivity index (χ0) is 14.5. The van der Waals surface area contributed by atoms with E-state index in [9.17, 15) is 4.79 Å². The SMILES string of the molecule is N#Cc1ccc(Cl)cc1NC(=O)c1ccc(NN)nc1. The van der Waals surface area contributed by atoms with Crippen LogP contribution in [0.1, 0.15) is 15.9 Å². The number of hydrazine groups is 1. The average molecular weight is 288 g/mol. The van der Waals surface area contributed by atoms with E-state index >= 15 is 0 Å². The molecule has 0 bridgehead atoms. The monoisotopic (exact) mass is 287 g/mol. The second kappa shape index (κ2) is 6.02. The summed E-state index contributed by atoms with van der Waals surface area (Å²) in [5, 5.41) is 12.0. The number of hydrogen-bond acceptors (Lipinski definition) is 5. The van der Waals surface area contributed by atoms with E-state index in [2.05, 4.69) is 15.7 Å². The predicted octanol–water partition coefficient (Wildman–Crippen LogP) is 2.14. The molecule has 0 saturated carbocycles. The zero-order valence-electron chi connectivity index (χ0n) is 10.2. The van der Waals surface area contributed by atoms with Gasteiger partial charge in [-0.25, -0.2) is 10.8 Å². The second-order valence-electron chi connectivity index (χ2n) is 3.83. The molecule has 1 aromatic carbocycles. The molecule has 20 heavy (non-hydrogen) atoms. The first kappa shape index (κ1) is 13.8. The number of nitrogen functional groups attached to an aromatic ring is 1. The van der Waals surface area contributed by atoms with E-state index in [0.29, 0.717) is 27.7 Å². The maximum absolute atomic E-state index is 12.0. The lowest BCUT2D eigenvalue weighted by atomic mass is 10.2. The minimum absolute atomic E-state index is 0.330. The molecule has 2 rings (SSSR count). The van der Waals surface area contributed by atoms with Crippen molar-refractivity contribution in [2.45, 2.75) is 0 Å². The number of benzene rings is 1. The lowest BCUT2D eigenvalue weighted by Gasteiger charge is -2.07. The fourth-order valence-corrected chi connectivity index (χ4v) is 1.70. The Morgan fingerprint density at radius 1 is 1.35 bits per heavy atom. The maximum Gasteiger partial charge on any atom is 0.257 e. The molecule has 0 radical (unpaired) electrons. The summed E-state index contributed by atoms with van der Waals surface area (Å²) in [6.07, 6.45) is 1.38. The molecule has 0 unspecified atom stereocenters. The molecule has 6 nitrogen and oxygen atoms in total. The molecule has 0 fully saturated rings. The number of aromatic nitrogens is 1. The minimum atomic E-state index is -0.389. The van der Waals surface area contributed by atoms with Crippen LogP contribution < -0.4 is 16.6 Å². The van der Waals surface area contributed by atoms with Gasteiger partial charge >= 0.3 is 0 Å². The summed E-state index contributed by atoms with van der Waals surface area (Å²) in [5.41, 5.74) is 3.39. The van der Waals surface area contributed by atoms with E-state index in [0.717, 1.165) is 0 Å². The van der Waals surface area contributed by atoms with E-state index in [-0.39, 0.29) is 5.91 Å². The van der Waals surface area contributed by atoms with E-state index in [1.807, 2.05) is 6.07 Å². The molecule has 4 N–H and O–H groups in total. The van der Waals surface area contributed by atoms with Gasteiger partial charge in [-0.2, -0.15) is 5.26 Å². The van der Waals surface area contributed by atoms with Crippen molar-refractivity contribution in [3.63, 3.8) is 0 Å². The molecule has 0 saturated heterocycles. The van der Waals surface area contributed by atoms with Gasteiger partial charge in [0.1, 0.15) is 11.9 Å². The third kappa shape index (κ3) is 3.03. The lowest BCUT2D eigenvalue weighted by Crippen LogP contribution is -2.14. The van der Waals surface area contributed by atoms with Crippen LogP contribution in [-0.4, -0.2) is 10.9 Å². The van der Waals surface area contributed by atoms with Gasteiger partial charge < -0.3 is 10.7 Å². The van der Waals surface area contributed by atoms with Crippen LogP contribution in [0.3, 0.4) is 0 Å². The molecule has 0 aliphatic rings. The fraction of sp³-hybridized carbons (Fsp3) is 0. The number of halogens is 1. The zero-order valence-corrected chi connectivity index (χ0v) is 11.0. The Morgan fingerprint density at radius 3 is 2.75 bits per heavy atom. The number of carbonyl (C=O) groups excluding carboxylic acids is 1. The van der Waals surface area contributed by atoms with Crippen LogP contribution in [0.2, 0.25) is 5.02 Å². The van der Waals surface area contributed by atoms with Gasteiger partial charge in [-0.05, 0) is 30.3 Å². The van der Waals surface area contributed by atoms with E-state index in [4.69, 9.17) is 22.7 Å². The molecule has 0 spiro atoms. The Bertz CT molecular complexity index is 678. The minimum Gasteiger partial charge on any atom is -0.321 e. The molecule has 1 aromatic heterocycles. The number of nitrogens with one attached hydrogen (secondary N) is 2. The van der Waals surface area contributed by atoms with Crippen LogP contribution in [0.15, 0.2) is 36.5 Å². The quantitative estimate of drug-likeness (QED) is 0.593. The number of nitriles is 1. The number of nitrogens with zero attached hydrogens (tertiary/aromatic N) is 2. The Hall–Kier alpha value is -2.62. The average Bonchev–Trinajstić information content (AvgIpc) is 2.47. The first-order chi connectivity index (χ1) is 9.63. The van der Waals surface area contributed by atoms with Crippen molar-refractivity contribution in [1.29, 1.82) is 5.26 Å². The number of carbonyl (C=O) groups is 1. The van der Waals surface area contributed by atoms with Gasteiger partial charge in [0, 0.05) is 11.2 Å². The van der Waals surface area contributed by atoms with Gasteiger partial charge in [-0.1, -0.05) is 11.6 Å². The van der Waals surface area contributed by atoms with E-state index in [1.54, 1.807) is 18.2 Å². The fourth-order valence-electron chi connectivity index (χ4n) is 1.53. The summed E-state index contributed by atoms with van der Waals surface area (Å²) in [6, 6.07) is 9.75. The van der Waals surface area contributed by atoms with Crippen molar-refractivity contribution in [2.75, 3.05) is 10.7 Å². The van der Waals surface area contributed by atoms with Crippen LogP contribution in [0, 0.1) is 11.3 Å². The molecule has 2 aromatic rings. The highest BCUT2D eigenvalue weighted by Gasteiger charge is 2.10. The second-order valence-corrected chi connectivity index (χ2v) is 4.27. The molecule has 100 valence electrons. The molecule has 1 heterocycles. The van der Waals surface area contributed by atoms with Crippen LogP contribution in [0.5, 0.6) is 0 Å². The molecule has 7 heteroatoms. The summed E-state index contributed by atoms with van der Waals surface area (Å²) in [4.78, 5) is 16.0. The Kier molecular flexibility index (Phi) is 4.15. The summed E-state index contributed by atoms with van der Waals surface area (Å²) in [7, 11) is 0. The van der Waals surface area contributed by atoms with Crippen molar-refractivity contribution in [1.82, 2.24) is 4.98 Å². The largest absolute Gasteiger partial charge is 0.321 e. The molecule has 0 aliphatic carbocycles. The Labute approximate surface area is 120 Å². The number of pyridine rings is 1. The highest BCUT2D eigenvalue weighted by molar-refractivity contribution is 6.31. The van der Waals surface area contributed by atoms with E-state index in [1.165, 1.54) is 18.3 Å². The van der Waals surface area contributed by atoms with Gasteiger partial charge in [0.05, 0.1) is 16.8 Å². The Balaban J connectivity index is 2.23. The summed E-state index contributed by atoms with van der Waals surface area (Å²) in [6.45, 7) is 0. The molecule has 0 aliphatic heterocycles. The van der Waals surface area contributed by atoms with Crippen molar-refractivity contribution >= 4 is 29.0 Å². The highest BCUT2D eigenvalue weighted by atomic mass is 35.5. The summed E-state index contributed by atoms with van der Waals surface area (Å²) >= 11 is 5.85. The highest BCUT2D eigenvalue weighted by Crippen LogP contribution is 2.21. The van der Waals surface area contributed by atoms with Crippen molar-refractivity contribution in [3.8, 4) is 6.07 Å². The lowest BCUT2D eigenvalue weighted by molar-refractivity contribution is 0.102. The van der Waals surface area contributed by atoms with Crippen LogP contribution in [0.4, 0.5) is 11.5 Å². The molecular formula is C13H10ClN5O. The number of hydrogen-bond donors (Lipinski definition) is 3. The number of anilines is 2. The maximum atomic E-state index is 12.0.